The van der Waals surface area contributed by atoms with E-state index >= 15 is 0 Å². The van der Waals surface area contributed by atoms with Gasteiger partial charge < -0.3 is 10.5 Å². The van der Waals surface area contributed by atoms with Crippen molar-refractivity contribution in [1.29, 1.82) is 0 Å². The molecule has 0 atom stereocenters. The second-order valence-corrected chi connectivity index (χ2v) is 2.81. The van der Waals surface area contributed by atoms with Crippen LogP contribution in [0.3, 0.4) is 0 Å². The van der Waals surface area contributed by atoms with Crippen molar-refractivity contribution in [3.8, 4) is 5.75 Å². The van der Waals surface area contributed by atoms with E-state index in [0.29, 0.717) is 0 Å². The summed E-state index contributed by atoms with van der Waals surface area (Å²) in [6, 6.07) is 0. The predicted molar refractivity (Wildman–Crippen MR) is 45.2 cm³/mol. The summed E-state index contributed by atoms with van der Waals surface area (Å²) in [5.74, 6) is -14.6. The van der Waals surface area contributed by atoms with E-state index in [1.54, 1.807) is 0 Å². The first kappa shape index (κ1) is 12.9. The first-order chi connectivity index (χ1) is 7.77. The first-order valence-electron chi connectivity index (χ1n) is 3.95. The monoisotopic (exact) mass is 253 g/mol. The van der Waals surface area contributed by atoms with Crippen LogP contribution in [0.5, 0.6) is 5.75 Å². The van der Waals surface area contributed by atoms with Crippen molar-refractivity contribution in [2.75, 3.05) is 0 Å². The number of carbonyl (C=O) groups is 1. The van der Waals surface area contributed by atoms with Crippen LogP contribution < -0.4 is 10.5 Å². The summed E-state index contributed by atoms with van der Waals surface area (Å²) >= 11 is 0. The van der Waals surface area contributed by atoms with Crippen molar-refractivity contribution in [3.05, 3.63) is 41.4 Å². The molecule has 8 heteroatoms. The van der Waals surface area contributed by atoms with Crippen molar-refractivity contribution in [2.24, 2.45) is 5.73 Å². The number of ether oxygens (including phenoxy) is 1. The maximum absolute atomic E-state index is 13.0. The molecule has 17 heavy (non-hydrogen) atoms. The highest BCUT2D eigenvalue weighted by molar-refractivity contribution is 5.88. The van der Waals surface area contributed by atoms with Gasteiger partial charge in [-0.3, -0.25) is 0 Å². The van der Waals surface area contributed by atoms with Crippen molar-refractivity contribution >= 4 is 5.97 Å². The van der Waals surface area contributed by atoms with Gasteiger partial charge in [0.2, 0.25) is 34.8 Å². The SMILES string of the molecule is C=C(N)C(=O)Oc1c(F)c(F)c(F)c(F)c1F. The number of carbonyl (C=O) groups excluding carboxylic acids is 1. The van der Waals surface area contributed by atoms with Crippen molar-refractivity contribution in [2.45, 2.75) is 0 Å². The Morgan fingerprint density at radius 1 is 0.941 bits per heavy atom. The van der Waals surface area contributed by atoms with Gasteiger partial charge in [0.25, 0.3) is 0 Å². The summed E-state index contributed by atoms with van der Waals surface area (Å²) in [5.41, 5.74) is 4.06. The van der Waals surface area contributed by atoms with E-state index in [2.05, 4.69) is 11.3 Å². The molecule has 0 unspecified atom stereocenters. The van der Waals surface area contributed by atoms with Gasteiger partial charge in [0, 0.05) is 0 Å². The van der Waals surface area contributed by atoms with E-state index in [1.165, 1.54) is 0 Å². The van der Waals surface area contributed by atoms with Crippen LogP contribution in [0.25, 0.3) is 0 Å². The summed E-state index contributed by atoms with van der Waals surface area (Å²) in [5, 5.41) is 0. The Kier molecular flexibility index (Phi) is 3.35. The number of benzene rings is 1. The van der Waals surface area contributed by atoms with Gasteiger partial charge >= 0.3 is 5.97 Å². The maximum atomic E-state index is 13.0. The lowest BCUT2D eigenvalue weighted by Crippen LogP contribution is -2.19. The Labute approximate surface area is 91.3 Å². The third-order valence-corrected chi connectivity index (χ3v) is 1.63. The topological polar surface area (TPSA) is 52.3 Å². The van der Waals surface area contributed by atoms with Crippen molar-refractivity contribution in [1.82, 2.24) is 0 Å². The van der Waals surface area contributed by atoms with Crippen LogP contribution in [0.1, 0.15) is 0 Å². The molecule has 2 N–H and O–H groups in total. The zero-order chi connectivity index (χ0) is 13.3. The van der Waals surface area contributed by atoms with Crippen LogP contribution in [0.15, 0.2) is 12.3 Å². The standard InChI is InChI=1S/C9H4F5NO2/c1-2(15)9(16)17-8-6(13)4(11)3(10)5(12)7(8)14/h1,15H2. The van der Waals surface area contributed by atoms with Gasteiger partial charge in [-0.05, 0) is 0 Å². The molecule has 0 aromatic heterocycles. The number of hydrogen-bond donors (Lipinski definition) is 1. The molecule has 1 aromatic rings. The van der Waals surface area contributed by atoms with Gasteiger partial charge in [0.1, 0.15) is 5.70 Å². The Balaban J connectivity index is 3.35. The van der Waals surface area contributed by atoms with Gasteiger partial charge in [0.15, 0.2) is 0 Å². The lowest BCUT2D eigenvalue weighted by Gasteiger charge is -2.08. The molecule has 0 aliphatic heterocycles. The van der Waals surface area contributed by atoms with Crippen LogP contribution in [0.2, 0.25) is 0 Å². The molecule has 0 fully saturated rings. The molecule has 0 radical (unpaired) electrons. The summed E-state index contributed by atoms with van der Waals surface area (Å²) in [6.45, 7) is 2.87. The molecule has 0 amide bonds. The predicted octanol–water partition coefficient (Wildman–Crippen LogP) is 1.76. The molecular formula is C9H4F5NO2. The molecule has 0 aliphatic rings. The number of nitrogens with two attached hydrogens (primary N) is 1. The zero-order valence-corrected chi connectivity index (χ0v) is 7.99. The molecule has 0 saturated carbocycles. The van der Waals surface area contributed by atoms with Crippen LogP contribution in [0, 0.1) is 29.1 Å². The quantitative estimate of drug-likeness (QED) is 0.218. The summed E-state index contributed by atoms with van der Waals surface area (Å²) < 4.78 is 67.7. The Bertz CT molecular complexity index is 486. The van der Waals surface area contributed by atoms with E-state index < -0.39 is 46.5 Å². The normalized spacial score (nSPS) is 10.2. The second kappa shape index (κ2) is 4.40. The van der Waals surface area contributed by atoms with Crippen molar-refractivity contribution in [3.63, 3.8) is 0 Å². The minimum Gasteiger partial charge on any atom is -0.415 e. The fourth-order valence-corrected chi connectivity index (χ4v) is 0.833. The summed E-state index contributed by atoms with van der Waals surface area (Å²) in [4.78, 5) is 10.8. The lowest BCUT2D eigenvalue weighted by atomic mass is 10.2. The fraction of sp³-hybridized carbons (Fsp3) is 0. The van der Waals surface area contributed by atoms with Crippen LogP contribution >= 0.6 is 0 Å². The van der Waals surface area contributed by atoms with Crippen LogP contribution in [0.4, 0.5) is 22.0 Å². The largest absolute Gasteiger partial charge is 0.415 e. The third-order valence-electron chi connectivity index (χ3n) is 1.63. The first-order valence-corrected chi connectivity index (χ1v) is 3.95. The highest BCUT2D eigenvalue weighted by Gasteiger charge is 2.28. The highest BCUT2D eigenvalue weighted by atomic mass is 19.2. The molecule has 0 bridgehead atoms. The van der Waals surface area contributed by atoms with Gasteiger partial charge in [-0.15, -0.1) is 0 Å². The summed E-state index contributed by atoms with van der Waals surface area (Å²) in [6.07, 6.45) is 0. The molecule has 1 rings (SSSR count). The zero-order valence-electron chi connectivity index (χ0n) is 7.99. The molecule has 0 saturated heterocycles. The number of rotatable bonds is 2. The van der Waals surface area contributed by atoms with E-state index in [-0.39, 0.29) is 0 Å². The van der Waals surface area contributed by atoms with Gasteiger partial charge in [-0.1, -0.05) is 6.58 Å². The lowest BCUT2D eigenvalue weighted by molar-refractivity contribution is -0.130. The summed E-state index contributed by atoms with van der Waals surface area (Å²) in [7, 11) is 0. The minimum atomic E-state index is -2.36. The second-order valence-electron chi connectivity index (χ2n) is 2.81. The molecule has 3 nitrogen and oxygen atoms in total. The molecule has 0 aliphatic carbocycles. The van der Waals surface area contributed by atoms with E-state index in [1.807, 2.05) is 0 Å². The molecular weight excluding hydrogens is 249 g/mol. The minimum absolute atomic E-state index is 0.756. The number of hydrogen-bond acceptors (Lipinski definition) is 3. The smallest absolute Gasteiger partial charge is 0.359 e. The van der Waals surface area contributed by atoms with E-state index in [0.717, 1.165) is 0 Å². The molecule has 0 spiro atoms. The van der Waals surface area contributed by atoms with Crippen LogP contribution in [-0.2, 0) is 4.79 Å². The number of esters is 1. The molecule has 92 valence electrons. The third kappa shape index (κ3) is 2.19. The van der Waals surface area contributed by atoms with E-state index in [9.17, 15) is 26.7 Å². The Morgan fingerprint density at radius 2 is 1.29 bits per heavy atom. The van der Waals surface area contributed by atoms with Gasteiger partial charge in [-0.25, -0.2) is 18.0 Å². The van der Waals surface area contributed by atoms with Gasteiger partial charge in [-0.2, -0.15) is 8.78 Å². The van der Waals surface area contributed by atoms with Gasteiger partial charge in [0.05, 0.1) is 0 Å². The molecule has 1 aromatic carbocycles. The number of halogens is 5. The maximum Gasteiger partial charge on any atom is 0.359 e. The Morgan fingerprint density at radius 3 is 1.65 bits per heavy atom. The molecule has 0 heterocycles. The van der Waals surface area contributed by atoms with E-state index in [4.69, 9.17) is 5.73 Å². The van der Waals surface area contributed by atoms with Crippen LogP contribution in [-0.4, -0.2) is 5.97 Å². The highest BCUT2D eigenvalue weighted by Crippen LogP contribution is 2.29. The average Bonchev–Trinajstić information content (AvgIpc) is 2.29. The Hall–Kier alpha value is -2.12. The average molecular weight is 253 g/mol. The fourth-order valence-electron chi connectivity index (χ4n) is 0.833. The van der Waals surface area contributed by atoms with Crippen molar-refractivity contribution < 1.29 is 31.5 Å².